The number of nitrogens with zero attached hydrogens (tertiary/aromatic N) is 2. The molecule has 0 heterocycles. The maximum absolute atomic E-state index is 12.4. The molecule has 120 valence electrons. The van der Waals surface area contributed by atoms with Crippen LogP contribution in [0, 0.1) is 40.4 Å². The van der Waals surface area contributed by atoms with Crippen LogP contribution < -0.4 is 0 Å². The topological polar surface area (TPSA) is 44.1 Å². The molecule has 4 rings (SSSR count). The van der Waals surface area contributed by atoms with Crippen molar-refractivity contribution in [3.8, 4) is 6.07 Å². The third kappa shape index (κ3) is 2.81. The largest absolute Gasteiger partial charge is 0.341 e. The predicted molar refractivity (Wildman–Crippen MR) is 86.8 cm³/mol. The summed E-state index contributed by atoms with van der Waals surface area (Å²) in [7, 11) is 1.81. The van der Waals surface area contributed by atoms with Crippen LogP contribution in [0.25, 0.3) is 0 Å². The Labute approximate surface area is 134 Å². The number of carbonyl (C=O) groups is 1. The van der Waals surface area contributed by atoms with Crippen molar-refractivity contribution in [3.05, 3.63) is 11.6 Å². The van der Waals surface area contributed by atoms with Crippen LogP contribution in [0.2, 0.25) is 0 Å². The zero-order chi connectivity index (χ0) is 15.9. The number of carbonyl (C=O) groups excluding carboxylic acids is 1. The number of rotatable bonds is 4. The summed E-state index contributed by atoms with van der Waals surface area (Å²) in [6.07, 6.45) is 10.1. The van der Waals surface area contributed by atoms with Gasteiger partial charge >= 0.3 is 0 Å². The fourth-order valence-electron chi connectivity index (χ4n) is 5.58. The molecule has 4 aliphatic rings. The molecule has 4 saturated carbocycles. The van der Waals surface area contributed by atoms with Gasteiger partial charge in [0, 0.05) is 19.7 Å². The molecule has 0 N–H and O–H groups in total. The highest BCUT2D eigenvalue weighted by molar-refractivity contribution is 5.88. The summed E-state index contributed by atoms with van der Waals surface area (Å²) in [6, 6.07) is 2.20. The molecule has 4 bridgehead atoms. The zero-order valence-corrected chi connectivity index (χ0v) is 14.1. The number of nitriles is 1. The average Bonchev–Trinajstić information content (AvgIpc) is 2.45. The van der Waals surface area contributed by atoms with Crippen LogP contribution in [0.5, 0.6) is 0 Å². The van der Waals surface area contributed by atoms with E-state index in [2.05, 4.69) is 13.0 Å². The van der Waals surface area contributed by atoms with Crippen LogP contribution in [0.15, 0.2) is 11.6 Å². The molecule has 0 aromatic heterocycles. The monoisotopic (exact) mass is 300 g/mol. The van der Waals surface area contributed by atoms with Crippen LogP contribution in [0.3, 0.4) is 0 Å². The molecule has 0 spiro atoms. The van der Waals surface area contributed by atoms with Crippen LogP contribution in [-0.4, -0.2) is 24.4 Å². The first-order valence-electron chi connectivity index (χ1n) is 8.75. The van der Waals surface area contributed by atoms with Gasteiger partial charge in [-0.3, -0.25) is 4.79 Å². The molecule has 1 unspecified atom stereocenters. The Bertz CT molecular complexity index is 493. The van der Waals surface area contributed by atoms with Gasteiger partial charge < -0.3 is 4.90 Å². The van der Waals surface area contributed by atoms with E-state index in [1.54, 1.807) is 11.9 Å². The number of likely N-dealkylation sites (N-methyl/N-ethyl adjacent to an activating group) is 1. The van der Waals surface area contributed by atoms with E-state index in [0.717, 1.165) is 17.8 Å². The summed E-state index contributed by atoms with van der Waals surface area (Å²) < 4.78 is 0. The molecule has 22 heavy (non-hydrogen) atoms. The van der Waals surface area contributed by atoms with Crippen LogP contribution >= 0.6 is 0 Å². The first-order chi connectivity index (χ1) is 10.4. The van der Waals surface area contributed by atoms with E-state index in [0.29, 0.717) is 12.0 Å². The van der Waals surface area contributed by atoms with Gasteiger partial charge in [-0.05, 0) is 75.5 Å². The number of hydrogen-bond acceptors (Lipinski definition) is 2. The second-order valence-electron chi connectivity index (χ2n) is 8.27. The molecule has 1 atom stereocenters. The van der Waals surface area contributed by atoms with Gasteiger partial charge in [-0.15, -0.1) is 0 Å². The zero-order valence-electron chi connectivity index (χ0n) is 14.1. The van der Waals surface area contributed by atoms with Crippen molar-refractivity contribution in [3.63, 3.8) is 0 Å². The van der Waals surface area contributed by atoms with Crippen molar-refractivity contribution >= 4 is 5.91 Å². The lowest BCUT2D eigenvalue weighted by molar-refractivity contribution is -0.125. The third-order valence-electron chi connectivity index (χ3n) is 6.36. The lowest BCUT2D eigenvalue weighted by Crippen LogP contribution is -2.46. The maximum atomic E-state index is 12.4. The van der Waals surface area contributed by atoms with E-state index in [1.807, 2.05) is 13.0 Å². The van der Waals surface area contributed by atoms with Crippen molar-refractivity contribution in [2.24, 2.45) is 29.1 Å². The summed E-state index contributed by atoms with van der Waals surface area (Å²) in [4.78, 5) is 14.1. The Kier molecular flexibility index (Phi) is 4.05. The van der Waals surface area contributed by atoms with Gasteiger partial charge in [0.2, 0.25) is 5.91 Å². The third-order valence-corrected chi connectivity index (χ3v) is 6.36. The average molecular weight is 300 g/mol. The second-order valence-corrected chi connectivity index (χ2v) is 8.27. The standard InChI is InChI=1S/C19H28N2O/c1-13(11-20)12-21(3)18(22)4-14(2)19-8-15-5-16(9-19)7-17(6-15)10-19/h4,13,15-17H,5-10,12H2,1-3H3/b14-4+. The van der Waals surface area contributed by atoms with Crippen molar-refractivity contribution in [1.82, 2.24) is 4.90 Å². The Morgan fingerprint density at radius 3 is 2.23 bits per heavy atom. The van der Waals surface area contributed by atoms with Crippen LogP contribution in [0.4, 0.5) is 0 Å². The molecule has 0 aromatic rings. The van der Waals surface area contributed by atoms with E-state index in [9.17, 15) is 4.79 Å². The molecule has 0 saturated heterocycles. The molecule has 3 heteroatoms. The highest BCUT2D eigenvalue weighted by Crippen LogP contribution is 2.62. The van der Waals surface area contributed by atoms with Crippen LogP contribution in [-0.2, 0) is 4.79 Å². The first kappa shape index (κ1) is 15.6. The van der Waals surface area contributed by atoms with Gasteiger partial charge in [-0.1, -0.05) is 5.57 Å². The number of hydrogen-bond donors (Lipinski definition) is 0. The quantitative estimate of drug-likeness (QED) is 0.742. The molecule has 0 radical (unpaired) electrons. The van der Waals surface area contributed by atoms with Gasteiger partial charge in [0.25, 0.3) is 0 Å². The van der Waals surface area contributed by atoms with E-state index < -0.39 is 0 Å². The minimum atomic E-state index is -0.109. The van der Waals surface area contributed by atoms with E-state index >= 15 is 0 Å². The summed E-state index contributed by atoms with van der Waals surface area (Å²) in [5, 5.41) is 8.90. The smallest absolute Gasteiger partial charge is 0.246 e. The predicted octanol–water partition coefficient (Wildman–Crippen LogP) is 3.77. The van der Waals surface area contributed by atoms with E-state index in [1.165, 1.54) is 44.1 Å². The molecular weight excluding hydrogens is 272 g/mol. The first-order valence-corrected chi connectivity index (χ1v) is 8.75. The SMILES string of the molecule is C/C(=C\C(=O)N(C)CC(C)C#N)C12CC3CC(CC(C3)C1)C2. The van der Waals surface area contributed by atoms with Gasteiger partial charge in [-0.25, -0.2) is 0 Å². The van der Waals surface area contributed by atoms with Crippen molar-refractivity contribution in [2.45, 2.75) is 52.4 Å². The Morgan fingerprint density at radius 1 is 1.27 bits per heavy atom. The van der Waals surface area contributed by atoms with Gasteiger partial charge in [0.05, 0.1) is 12.0 Å². The summed E-state index contributed by atoms with van der Waals surface area (Å²) >= 11 is 0. The van der Waals surface area contributed by atoms with Crippen molar-refractivity contribution in [1.29, 1.82) is 5.26 Å². The molecule has 4 fully saturated rings. The normalized spacial score (nSPS) is 37.7. The Balaban J connectivity index is 1.72. The van der Waals surface area contributed by atoms with Gasteiger partial charge in [-0.2, -0.15) is 5.26 Å². The molecule has 0 aliphatic heterocycles. The van der Waals surface area contributed by atoms with E-state index in [-0.39, 0.29) is 11.8 Å². The molecular formula is C19H28N2O. The highest BCUT2D eigenvalue weighted by atomic mass is 16.2. The fraction of sp³-hybridized carbons (Fsp3) is 0.789. The van der Waals surface area contributed by atoms with E-state index in [4.69, 9.17) is 5.26 Å². The minimum Gasteiger partial charge on any atom is -0.341 e. The Morgan fingerprint density at radius 2 is 1.77 bits per heavy atom. The molecule has 3 nitrogen and oxygen atoms in total. The lowest BCUT2D eigenvalue weighted by atomic mass is 9.48. The van der Waals surface area contributed by atoms with Gasteiger partial charge in [0.1, 0.15) is 0 Å². The Hall–Kier alpha value is -1.30. The maximum Gasteiger partial charge on any atom is 0.246 e. The number of allylic oxidation sites excluding steroid dienone is 1. The molecule has 0 aromatic carbocycles. The number of amides is 1. The minimum absolute atomic E-state index is 0.0651. The van der Waals surface area contributed by atoms with Crippen molar-refractivity contribution in [2.75, 3.05) is 13.6 Å². The summed E-state index contributed by atoms with van der Waals surface area (Å²) in [5.74, 6) is 2.67. The summed E-state index contributed by atoms with van der Waals surface area (Å²) in [5.41, 5.74) is 1.61. The van der Waals surface area contributed by atoms with Gasteiger partial charge in [0.15, 0.2) is 0 Å². The molecule has 1 amide bonds. The lowest BCUT2D eigenvalue weighted by Gasteiger charge is -2.57. The van der Waals surface area contributed by atoms with Crippen molar-refractivity contribution < 1.29 is 4.79 Å². The summed E-state index contributed by atoms with van der Waals surface area (Å²) in [6.45, 7) is 4.55. The van der Waals surface area contributed by atoms with Crippen LogP contribution in [0.1, 0.15) is 52.4 Å². The second kappa shape index (κ2) is 5.72. The molecule has 4 aliphatic carbocycles. The fourth-order valence-corrected chi connectivity index (χ4v) is 5.58. The highest BCUT2D eigenvalue weighted by Gasteiger charge is 2.51.